The average Bonchev–Trinajstić information content (AvgIpc) is 3.13. The number of nitrogens with zero attached hydrogens (tertiary/aromatic N) is 2. The minimum Gasteiger partial charge on any atom is -0.319 e. The largest absolute Gasteiger partial charge is 0.319 e. The van der Waals surface area contributed by atoms with Gasteiger partial charge in [0, 0.05) is 17.1 Å². The Balaban J connectivity index is 1.59. The smallest absolute Gasteiger partial charge is 0.141 e. The number of imidazole rings is 1. The summed E-state index contributed by atoms with van der Waals surface area (Å²) in [7, 11) is 0. The summed E-state index contributed by atoms with van der Waals surface area (Å²) in [6, 6.07) is 35.3. The SMILES string of the molecule is Clc1cccc(Cn2c(-c3ccc(-c4ccccc4)cc3)nc3ccccc32)c1. The van der Waals surface area contributed by atoms with Crippen LogP contribution in [0.3, 0.4) is 0 Å². The summed E-state index contributed by atoms with van der Waals surface area (Å²) in [5.41, 5.74) is 6.79. The molecule has 29 heavy (non-hydrogen) atoms. The highest BCUT2D eigenvalue weighted by molar-refractivity contribution is 6.30. The molecule has 2 nitrogen and oxygen atoms in total. The van der Waals surface area contributed by atoms with E-state index >= 15 is 0 Å². The van der Waals surface area contributed by atoms with E-state index < -0.39 is 0 Å². The van der Waals surface area contributed by atoms with Crippen molar-refractivity contribution >= 4 is 22.6 Å². The minimum atomic E-state index is 0.719. The van der Waals surface area contributed by atoms with Gasteiger partial charge >= 0.3 is 0 Å². The number of benzene rings is 4. The molecule has 0 atom stereocenters. The lowest BCUT2D eigenvalue weighted by atomic mass is 10.0. The van der Waals surface area contributed by atoms with Crippen LogP contribution in [0, 0.1) is 0 Å². The normalized spacial score (nSPS) is 11.1. The Morgan fingerprint density at radius 2 is 1.34 bits per heavy atom. The summed E-state index contributed by atoms with van der Waals surface area (Å²) < 4.78 is 2.26. The van der Waals surface area contributed by atoms with Crippen molar-refractivity contribution in [1.82, 2.24) is 9.55 Å². The Kier molecular flexibility index (Phi) is 4.63. The van der Waals surface area contributed by atoms with Crippen LogP contribution in [0.2, 0.25) is 5.02 Å². The molecule has 0 unspecified atom stereocenters. The Hall–Kier alpha value is -3.36. The molecule has 0 saturated carbocycles. The summed E-state index contributed by atoms with van der Waals surface area (Å²) in [6.07, 6.45) is 0. The predicted octanol–water partition coefficient (Wildman–Crippen LogP) is 7.07. The first-order valence-corrected chi connectivity index (χ1v) is 10.0. The number of rotatable bonds is 4. The van der Waals surface area contributed by atoms with E-state index in [9.17, 15) is 0 Å². The second-order valence-corrected chi connectivity index (χ2v) is 7.52. The number of fused-ring (bicyclic) bond motifs is 1. The maximum absolute atomic E-state index is 6.21. The molecule has 0 amide bonds. The highest BCUT2D eigenvalue weighted by Crippen LogP contribution is 2.28. The van der Waals surface area contributed by atoms with Crippen LogP contribution in [0.4, 0.5) is 0 Å². The highest BCUT2D eigenvalue weighted by atomic mass is 35.5. The summed E-state index contributed by atoms with van der Waals surface area (Å²) >= 11 is 6.21. The summed E-state index contributed by atoms with van der Waals surface area (Å²) in [5, 5.41) is 0.751. The van der Waals surface area contributed by atoms with Crippen molar-refractivity contribution in [3.8, 4) is 22.5 Å². The van der Waals surface area contributed by atoms with Crippen molar-refractivity contribution in [2.75, 3.05) is 0 Å². The van der Waals surface area contributed by atoms with Gasteiger partial charge in [-0.3, -0.25) is 0 Å². The minimum absolute atomic E-state index is 0.719. The van der Waals surface area contributed by atoms with Gasteiger partial charge in [-0.2, -0.15) is 0 Å². The van der Waals surface area contributed by atoms with Crippen molar-refractivity contribution in [3.05, 3.63) is 114 Å². The molecule has 4 aromatic carbocycles. The van der Waals surface area contributed by atoms with E-state index in [4.69, 9.17) is 16.6 Å². The lowest BCUT2D eigenvalue weighted by Gasteiger charge is -2.11. The predicted molar refractivity (Wildman–Crippen MR) is 121 cm³/mol. The Morgan fingerprint density at radius 3 is 2.14 bits per heavy atom. The number of aromatic nitrogens is 2. The molecule has 140 valence electrons. The molecule has 0 N–H and O–H groups in total. The van der Waals surface area contributed by atoms with Crippen LogP contribution in [0.15, 0.2) is 103 Å². The zero-order chi connectivity index (χ0) is 19.6. The highest BCUT2D eigenvalue weighted by Gasteiger charge is 2.13. The van der Waals surface area contributed by atoms with Gasteiger partial charge in [0.05, 0.1) is 11.0 Å². The van der Waals surface area contributed by atoms with E-state index in [0.29, 0.717) is 0 Å². The van der Waals surface area contributed by atoms with Crippen molar-refractivity contribution < 1.29 is 0 Å². The van der Waals surface area contributed by atoms with Gasteiger partial charge in [-0.15, -0.1) is 0 Å². The van der Waals surface area contributed by atoms with Gasteiger partial charge in [-0.25, -0.2) is 4.98 Å². The number of hydrogen-bond donors (Lipinski definition) is 0. The maximum Gasteiger partial charge on any atom is 0.141 e. The first-order valence-electron chi connectivity index (χ1n) is 9.63. The van der Waals surface area contributed by atoms with Crippen molar-refractivity contribution in [2.45, 2.75) is 6.54 Å². The molecule has 0 fully saturated rings. The Labute approximate surface area is 175 Å². The third-order valence-electron chi connectivity index (χ3n) is 5.13. The first-order chi connectivity index (χ1) is 14.3. The molecule has 0 radical (unpaired) electrons. The number of halogens is 1. The summed E-state index contributed by atoms with van der Waals surface area (Å²) in [5.74, 6) is 0.964. The number of hydrogen-bond acceptors (Lipinski definition) is 1. The zero-order valence-electron chi connectivity index (χ0n) is 15.8. The van der Waals surface area contributed by atoms with Crippen molar-refractivity contribution in [2.24, 2.45) is 0 Å². The second kappa shape index (κ2) is 7.57. The Bertz CT molecular complexity index is 1270. The van der Waals surface area contributed by atoms with E-state index in [1.165, 1.54) is 11.1 Å². The van der Waals surface area contributed by atoms with Gasteiger partial charge < -0.3 is 4.57 Å². The lowest BCUT2D eigenvalue weighted by molar-refractivity contribution is 0.834. The van der Waals surface area contributed by atoms with Crippen LogP contribution in [-0.2, 0) is 6.54 Å². The molecule has 5 aromatic rings. The lowest BCUT2D eigenvalue weighted by Crippen LogP contribution is -2.02. The topological polar surface area (TPSA) is 17.8 Å². The molecule has 3 heteroatoms. The molecular formula is C26H19ClN2. The van der Waals surface area contributed by atoms with Gasteiger partial charge in [-0.05, 0) is 41.0 Å². The third kappa shape index (κ3) is 3.55. The monoisotopic (exact) mass is 394 g/mol. The third-order valence-corrected chi connectivity index (χ3v) is 5.37. The molecule has 0 aliphatic heterocycles. The number of para-hydroxylation sites is 2. The molecule has 0 aliphatic rings. The van der Waals surface area contributed by atoms with Crippen LogP contribution in [0.5, 0.6) is 0 Å². The first kappa shape index (κ1) is 17.7. The zero-order valence-corrected chi connectivity index (χ0v) is 16.6. The van der Waals surface area contributed by atoms with E-state index in [0.717, 1.165) is 39.6 Å². The molecule has 1 aromatic heterocycles. The Morgan fingerprint density at radius 1 is 0.655 bits per heavy atom. The summed E-state index contributed by atoms with van der Waals surface area (Å²) in [4.78, 5) is 4.93. The molecular weight excluding hydrogens is 376 g/mol. The van der Waals surface area contributed by atoms with Crippen LogP contribution in [0.25, 0.3) is 33.5 Å². The summed E-state index contributed by atoms with van der Waals surface area (Å²) in [6.45, 7) is 0.719. The fourth-order valence-electron chi connectivity index (χ4n) is 3.72. The van der Waals surface area contributed by atoms with E-state index in [2.05, 4.69) is 77.4 Å². The van der Waals surface area contributed by atoms with Crippen molar-refractivity contribution in [1.29, 1.82) is 0 Å². The van der Waals surface area contributed by atoms with Gasteiger partial charge in [0.25, 0.3) is 0 Å². The van der Waals surface area contributed by atoms with Crippen LogP contribution in [0.1, 0.15) is 5.56 Å². The molecule has 5 rings (SSSR count). The van der Waals surface area contributed by atoms with Crippen LogP contribution >= 0.6 is 11.6 Å². The average molecular weight is 395 g/mol. The quantitative estimate of drug-likeness (QED) is 0.318. The molecule has 0 spiro atoms. The fraction of sp³-hybridized carbons (Fsp3) is 0.0385. The van der Waals surface area contributed by atoms with Gasteiger partial charge in [0.15, 0.2) is 0 Å². The van der Waals surface area contributed by atoms with E-state index in [1.54, 1.807) is 0 Å². The fourth-order valence-corrected chi connectivity index (χ4v) is 3.93. The molecule has 0 aliphatic carbocycles. The molecule has 0 bridgehead atoms. The van der Waals surface area contributed by atoms with Gasteiger partial charge in [-0.1, -0.05) is 90.5 Å². The van der Waals surface area contributed by atoms with E-state index in [1.807, 2.05) is 30.3 Å². The van der Waals surface area contributed by atoms with Crippen LogP contribution < -0.4 is 0 Å². The van der Waals surface area contributed by atoms with Gasteiger partial charge in [0.1, 0.15) is 5.82 Å². The molecule has 0 saturated heterocycles. The maximum atomic E-state index is 6.21. The van der Waals surface area contributed by atoms with Crippen molar-refractivity contribution in [3.63, 3.8) is 0 Å². The second-order valence-electron chi connectivity index (χ2n) is 7.08. The van der Waals surface area contributed by atoms with Gasteiger partial charge in [0.2, 0.25) is 0 Å². The standard InChI is InChI=1S/C26H19ClN2/c27-23-10-6-7-19(17-23)18-29-25-12-5-4-11-24(25)28-26(29)22-15-13-21(14-16-22)20-8-2-1-3-9-20/h1-17H,18H2. The molecule has 1 heterocycles. The van der Waals surface area contributed by atoms with E-state index in [-0.39, 0.29) is 0 Å². The van der Waals surface area contributed by atoms with Crippen LogP contribution in [-0.4, -0.2) is 9.55 Å².